The fourth-order valence-electron chi connectivity index (χ4n) is 3.07. The third kappa shape index (κ3) is 2.46. The van der Waals surface area contributed by atoms with Crippen molar-refractivity contribution >= 4 is 28.5 Å². The third-order valence-corrected chi connectivity index (χ3v) is 4.67. The van der Waals surface area contributed by atoms with E-state index in [1.807, 2.05) is 12.1 Å². The van der Waals surface area contributed by atoms with Gasteiger partial charge >= 0.3 is 0 Å². The van der Waals surface area contributed by atoms with Crippen molar-refractivity contribution in [3.05, 3.63) is 39.9 Å². The molecule has 0 saturated carbocycles. The second-order valence-electron chi connectivity index (χ2n) is 5.90. The van der Waals surface area contributed by atoms with Gasteiger partial charge in [-0.1, -0.05) is 11.6 Å². The fourth-order valence-corrected chi connectivity index (χ4v) is 3.27. The minimum absolute atomic E-state index is 0.130. The molecule has 0 aromatic carbocycles. The number of rotatable bonds is 2. The molecule has 0 radical (unpaired) electrons. The first-order chi connectivity index (χ1) is 11.6. The van der Waals surface area contributed by atoms with E-state index in [2.05, 4.69) is 37.1 Å². The Morgan fingerprint density at radius 1 is 1.42 bits per heavy atom. The van der Waals surface area contributed by atoms with E-state index in [0.717, 1.165) is 36.2 Å². The summed E-state index contributed by atoms with van der Waals surface area (Å²) in [6.07, 6.45) is 3.52. The second kappa shape index (κ2) is 5.92. The zero-order valence-electron chi connectivity index (χ0n) is 13.1. The van der Waals surface area contributed by atoms with Crippen LogP contribution in [0.1, 0.15) is 6.92 Å². The molecule has 1 atom stereocenters. The zero-order valence-corrected chi connectivity index (χ0v) is 13.9. The monoisotopic (exact) mass is 344 g/mol. The first-order valence-electron chi connectivity index (χ1n) is 7.85. The van der Waals surface area contributed by atoms with Crippen LogP contribution < -0.4 is 15.8 Å². The summed E-state index contributed by atoms with van der Waals surface area (Å²) in [6, 6.07) is 4.01. The van der Waals surface area contributed by atoms with Crippen LogP contribution in [0.15, 0.2) is 29.3 Å². The van der Waals surface area contributed by atoms with Crippen molar-refractivity contribution in [2.24, 2.45) is 0 Å². The predicted molar refractivity (Wildman–Crippen MR) is 94.6 cm³/mol. The number of pyridine rings is 1. The molecule has 0 spiro atoms. The van der Waals surface area contributed by atoms with Gasteiger partial charge in [0.05, 0.1) is 0 Å². The molecule has 1 fully saturated rings. The summed E-state index contributed by atoms with van der Waals surface area (Å²) in [5, 5.41) is 4.36. The molecule has 0 bridgehead atoms. The van der Waals surface area contributed by atoms with Crippen LogP contribution in [0.5, 0.6) is 0 Å². The molecule has 3 N–H and O–H groups in total. The summed E-state index contributed by atoms with van der Waals surface area (Å²) in [4.78, 5) is 29.2. The van der Waals surface area contributed by atoms with Crippen molar-refractivity contribution in [1.29, 1.82) is 0 Å². The number of H-pyrrole nitrogens is 2. The SMILES string of the molecule is C[C@@H]1CNCCN1c1nc(-c2c[nH]c3ncccc23)[nH]c(=O)c1Cl. The number of aromatic nitrogens is 4. The van der Waals surface area contributed by atoms with Crippen LogP contribution in [0.3, 0.4) is 0 Å². The first-order valence-corrected chi connectivity index (χ1v) is 8.22. The average Bonchev–Trinajstić information content (AvgIpc) is 3.02. The van der Waals surface area contributed by atoms with E-state index in [9.17, 15) is 4.79 Å². The van der Waals surface area contributed by atoms with E-state index in [-0.39, 0.29) is 16.6 Å². The van der Waals surface area contributed by atoms with Crippen molar-refractivity contribution in [3.63, 3.8) is 0 Å². The highest BCUT2D eigenvalue weighted by molar-refractivity contribution is 6.32. The minimum Gasteiger partial charge on any atom is -0.350 e. The van der Waals surface area contributed by atoms with Crippen LogP contribution in [0.2, 0.25) is 5.02 Å². The molecule has 1 aliphatic heterocycles. The molecular formula is C16H17ClN6O. The van der Waals surface area contributed by atoms with Crippen LogP contribution in [0.25, 0.3) is 22.4 Å². The van der Waals surface area contributed by atoms with Gasteiger partial charge in [0.2, 0.25) is 0 Å². The van der Waals surface area contributed by atoms with E-state index < -0.39 is 0 Å². The molecule has 3 aromatic rings. The number of halogens is 1. The average molecular weight is 345 g/mol. The summed E-state index contributed by atoms with van der Waals surface area (Å²) >= 11 is 6.25. The van der Waals surface area contributed by atoms with Crippen molar-refractivity contribution in [2.45, 2.75) is 13.0 Å². The number of nitrogens with one attached hydrogen (secondary N) is 3. The van der Waals surface area contributed by atoms with Crippen LogP contribution in [0, 0.1) is 0 Å². The Morgan fingerprint density at radius 2 is 2.29 bits per heavy atom. The minimum atomic E-state index is -0.333. The highest BCUT2D eigenvalue weighted by Gasteiger charge is 2.24. The van der Waals surface area contributed by atoms with Gasteiger partial charge in [0.15, 0.2) is 5.82 Å². The van der Waals surface area contributed by atoms with Crippen LogP contribution in [-0.2, 0) is 0 Å². The van der Waals surface area contributed by atoms with Crippen molar-refractivity contribution in [1.82, 2.24) is 25.3 Å². The number of hydrogen-bond acceptors (Lipinski definition) is 5. The number of aromatic amines is 2. The Hall–Kier alpha value is -2.38. The van der Waals surface area contributed by atoms with E-state index in [1.54, 1.807) is 12.4 Å². The number of nitrogens with zero attached hydrogens (tertiary/aromatic N) is 3. The van der Waals surface area contributed by atoms with Gasteiger partial charge in [0.25, 0.3) is 5.56 Å². The van der Waals surface area contributed by atoms with E-state index in [0.29, 0.717) is 11.6 Å². The lowest BCUT2D eigenvalue weighted by molar-refractivity contribution is 0.497. The van der Waals surface area contributed by atoms with Gasteiger partial charge in [-0.3, -0.25) is 4.79 Å². The molecule has 124 valence electrons. The summed E-state index contributed by atoms with van der Waals surface area (Å²) in [5.74, 6) is 1.02. The Bertz CT molecular complexity index is 949. The molecule has 4 heterocycles. The molecule has 0 amide bonds. The van der Waals surface area contributed by atoms with Crippen molar-refractivity contribution < 1.29 is 0 Å². The smallest absolute Gasteiger partial charge is 0.272 e. The molecule has 1 saturated heterocycles. The number of anilines is 1. The van der Waals surface area contributed by atoms with Crippen LogP contribution >= 0.6 is 11.6 Å². The molecular weight excluding hydrogens is 328 g/mol. The molecule has 8 heteroatoms. The maximum atomic E-state index is 12.3. The summed E-state index contributed by atoms with van der Waals surface area (Å²) < 4.78 is 0. The van der Waals surface area contributed by atoms with Crippen LogP contribution in [-0.4, -0.2) is 45.6 Å². The van der Waals surface area contributed by atoms with E-state index in [1.165, 1.54) is 0 Å². The van der Waals surface area contributed by atoms with Gasteiger partial charge in [-0.2, -0.15) is 0 Å². The van der Waals surface area contributed by atoms with Gasteiger partial charge in [-0.15, -0.1) is 0 Å². The molecule has 24 heavy (non-hydrogen) atoms. The molecule has 4 rings (SSSR count). The number of fused-ring (bicyclic) bond motifs is 1. The zero-order chi connectivity index (χ0) is 16.7. The molecule has 0 aliphatic carbocycles. The van der Waals surface area contributed by atoms with E-state index >= 15 is 0 Å². The summed E-state index contributed by atoms with van der Waals surface area (Å²) in [6.45, 7) is 4.51. The largest absolute Gasteiger partial charge is 0.350 e. The fraction of sp³-hybridized carbons (Fsp3) is 0.312. The quantitative estimate of drug-likeness (QED) is 0.659. The molecule has 7 nitrogen and oxygen atoms in total. The van der Waals surface area contributed by atoms with Gasteiger partial charge in [-0.05, 0) is 19.1 Å². The topological polar surface area (TPSA) is 89.7 Å². The Morgan fingerprint density at radius 3 is 3.12 bits per heavy atom. The van der Waals surface area contributed by atoms with Gasteiger partial charge in [0, 0.05) is 49.0 Å². The summed E-state index contributed by atoms with van der Waals surface area (Å²) in [7, 11) is 0. The number of hydrogen-bond donors (Lipinski definition) is 3. The summed E-state index contributed by atoms with van der Waals surface area (Å²) in [5.41, 5.74) is 1.22. The van der Waals surface area contributed by atoms with Crippen molar-refractivity contribution in [3.8, 4) is 11.4 Å². The Labute approximate surface area is 143 Å². The number of piperazine rings is 1. The van der Waals surface area contributed by atoms with Gasteiger partial charge in [0.1, 0.15) is 16.5 Å². The maximum Gasteiger partial charge on any atom is 0.272 e. The Balaban J connectivity index is 1.87. The standard InChI is InChI=1S/C16H17ClN6O/c1-9-7-18-5-6-23(9)15-12(17)16(24)22-14(21-15)11-8-20-13-10(11)3-2-4-19-13/h2-4,8-9,18H,5-7H2,1H3,(H,19,20)(H,21,22,24)/t9-/m1/s1. The van der Waals surface area contributed by atoms with Gasteiger partial charge < -0.3 is 20.2 Å². The lowest BCUT2D eigenvalue weighted by Gasteiger charge is -2.35. The van der Waals surface area contributed by atoms with Crippen molar-refractivity contribution in [2.75, 3.05) is 24.5 Å². The molecule has 3 aromatic heterocycles. The highest BCUT2D eigenvalue weighted by Crippen LogP contribution is 2.28. The lowest BCUT2D eigenvalue weighted by Crippen LogP contribution is -2.50. The molecule has 0 unspecified atom stereocenters. The second-order valence-corrected chi connectivity index (χ2v) is 6.28. The van der Waals surface area contributed by atoms with Gasteiger partial charge in [-0.25, -0.2) is 9.97 Å². The normalized spacial score (nSPS) is 18.2. The maximum absolute atomic E-state index is 12.3. The Kier molecular flexibility index (Phi) is 3.74. The highest BCUT2D eigenvalue weighted by atomic mass is 35.5. The third-order valence-electron chi connectivity index (χ3n) is 4.32. The lowest BCUT2D eigenvalue weighted by atomic mass is 10.2. The molecule has 1 aliphatic rings. The first kappa shape index (κ1) is 15.2. The predicted octanol–water partition coefficient (Wildman–Crippen LogP) is 1.76. The van der Waals surface area contributed by atoms with Crippen LogP contribution in [0.4, 0.5) is 5.82 Å². The van der Waals surface area contributed by atoms with E-state index in [4.69, 9.17) is 11.6 Å².